The minimum Gasteiger partial charge on any atom is -0.479 e. The molecule has 0 radical (unpaired) electrons. The van der Waals surface area contributed by atoms with Crippen LogP contribution >= 0.6 is 0 Å². The number of nitriles is 1. The largest absolute Gasteiger partial charge is 0.479 e. The zero-order chi connectivity index (χ0) is 10.8. The minimum atomic E-state index is -2.38. The maximum absolute atomic E-state index is 13.3. The van der Waals surface area contributed by atoms with E-state index in [0.29, 0.717) is 0 Å². The summed E-state index contributed by atoms with van der Waals surface area (Å²) in [6.45, 7) is 0.535. The second-order valence-electron chi connectivity index (χ2n) is 3.04. The molecule has 0 saturated carbocycles. The number of nitrogens with zero attached hydrogens (tertiary/aromatic N) is 3. The molecule has 5 nitrogen and oxygen atoms in total. The van der Waals surface area contributed by atoms with Crippen LogP contribution in [0.4, 0.5) is 4.39 Å². The molecule has 0 fully saturated rings. The first-order valence-corrected chi connectivity index (χ1v) is 3.80. The molecule has 1 aromatic heterocycles. The molecule has 1 N–H and O–H groups in total. The van der Waals surface area contributed by atoms with Crippen LogP contribution in [0.15, 0.2) is 12.4 Å². The van der Waals surface area contributed by atoms with E-state index < -0.39 is 18.2 Å². The first-order valence-electron chi connectivity index (χ1n) is 3.80. The predicted octanol–water partition coefficient (Wildman–Crippen LogP) is 0.568. The van der Waals surface area contributed by atoms with Gasteiger partial charge in [0.1, 0.15) is 6.07 Å². The lowest BCUT2D eigenvalue weighted by Crippen LogP contribution is -2.35. The summed E-state index contributed by atoms with van der Waals surface area (Å²) in [5, 5.41) is 20.6. The highest BCUT2D eigenvalue weighted by molar-refractivity contribution is 5.76. The van der Waals surface area contributed by atoms with Gasteiger partial charge in [0, 0.05) is 6.20 Å². The van der Waals surface area contributed by atoms with Crippen molar-refractivity contribution in [2.24, 2.45) is 0 Å². The summed E-state index contributed by atoms with van der Waals surface area (Å²) < 4.78 is 14.4. The Hall–Kier alpha value is -1.90. The molecule has 74 valence electrons. The fourth-order valence-corrected chi connectivity index (χ4v) is 0.880. The summed E-state index contributed by atoms with van der Waals surface area (Å²) in [6.07, 6.45) is 2.54. The lowest BCUT2D eigenvalue weighted by Gasteiger charge is -2.14. The minimum absolute atomic E-state index is 0.270. The Morgan fingerprint density at radius 3 is 3.00 bits per heavy atom. The summed E-state index contributed by atoms with van der Waals surface area (Å²) >= 11 is 0. The van der Waals surface area contributed by atoms with Crippen molar-refractivity contribution < 1.29 is 14.3 Å². The van der Waals surface area contributed by atoms with Crippen LogP contribution in [0.5, 0.6) is 0 Å². The zero-order valence-corrected chi connectivity index (χ0v) is 7.44. The zero-order valence-electron chi connectivity index (χ0n) is 7.44. The molecule has 0 aliphatic rings. The molecule has 1 heterocycles. The van der Waals surface area contributed by atoms with E-state index in [1.807, 2.05) is 6.07 Å². The Bertz CT molecular complexity index is 392. The number of rotatable bonds is 3. The molecule has 1 unspecified atom stereocenters. The molecule has 0 spiro atoms. The Morgan fingerprint density at radius 1 is 1.93 bits per heavy atom. The number of halogens is 1. The van der Waals surface area contributed by atoms with Gasteiger partial charge in [0.2, 0.25) is 5.67 Å². The fourth-order valence-electron chi connectivity index (χ4n) is 0.880. The lowest BCUT2D eigenvalue weighted by molar-refractivity contribution is -0.150. The third kappa shape index (κ3) is 2.07. The highest BCUT2D eigenvalue weighted by atomic mass is 19.1. The van der Waals surface area contributed by atoms with Gasteiger partial charge in [0.25, 0.3) is 0 Å². The highest BCUT2D eigenvalue weighted by Gasteiger charge is 2.33. The van der Waals surface area contributed by atoms with Gasteiger partial charge < -0.3 is 5.11 Å². The van der Waals surface area contributed by atoms with Gasteiger partial charge in [-0.15, -0.1) is 0 Å². The maximum atomic E-state index is 13.3. The van der Waals surface area contributed by atoms with Crippen molar-refractivity contribution in [3.63, 3.8) is 0 Å². The number of aromatic nitrogens is 2. The van der Waals surface area contributed by atoms with E-state index in [9.17, 15) is 9.18 Å². The number of alkyl halides is 1. The molecule has 1 atom stereocenters. The van der Waals surface area contributed by atoms with Gasteiger partial charge in [-0.1, -0.05) is 0 Å². The number of hydrogen-bond donors (Lipinski definition) is 1. The second kappa shape index (κ2) is 3.46. The number of hydrogen-bond acceptors (Lipinski definition) is 3. The van der Waals surface area contributed by atoms with E-state index in [2.05, 4.69) is 5.10 Å². The normalized spacial score (nSPS) is 14.4. The number of carboxylic acid groups (broad SMARTS) is 1. The van der Waals surface area contributed by atoms with Crippen molar-refractivity contribution in [2.75, 3.05) is 0 Å². The van der Waals surface area contributed by atoms with Gasteiger partial charge in [0.05, 0.1) is 18.3 Å². The van der Waals surface area contributed by atoms with Gasteiger partial charge in [0.15, 0.2) is 0 Å². The molecular weight excluding hydrogens is 189 g/mol. The van der Waals surface area contributed by atoms with Crippen molar-refractivity contribution >= 4 is 5.97 Å². The Labute approximate surface area is 79.4 Å². The van der Waals surface area contributed by atoms with Crippen LogP contribution in [-0.2, 0) is 11.3 Å². The van der Waals surface area contributed by atoms with Crippen molar-refractivity contribution in [3.05, 3.63) is 18.0 Å². The molecule has 0 bridgehead atoms. The summed E-state index contributed by atoms with van der Waals surface area (Å²) in [4.78, 5) is 10.4. The Kier molecular flexibility index (Phi) is 2.51. The van der Waals surface area contributed by atoms with E-state index in [-0.39, 0.29) is 5.56 Å². The van der Waals surface area contributed by atoms with Crippen LogP contribution in [0, 0.1) is 11.3 Å². The smallest absolute Gasteiger partial charge is 0.343 e. The quantitative estimate of drug-likeness (QED) is 0.768. The van der Waals surface area contributed by atoms with Crippen LogP contribution < -0.4 is 0 Å². The molecule has 6 heteroatoms. The van der Waals surface area contributed by atoms with Crippen molar-refractivity contribution in [2.45, 2.75) is 19.1 Å². The molecule has 1 rings (SSSR count). The van der Waals surface area contributed by atoms with E-state index in [0.717, 1.165) is 11.6 Å². The SMILES string of the molecule is CC(F)(Cn1cc(C#N)cn1)C(=O)O. The number of carboxylic acids is 1. The van der Waals surface area contributed by atoms with Crippen molar-refractivity contribution in [1.82, 2.24) is 9.78 Å². The molecular formula is C8H8FN3O2. The van der Waals surface area contributed by atoms with E-state index >= 15 is 0 Å². The molecule has 0 saturated heterocycles. The molecule has 0 aromatic carbocycles. The van der Waals surface area contributed by atoms with E-state index in [1.54, 1.807) is 0 Å². The number of aliphatic carboxylic acids is 1. The molecule has 1 aromatic rings. The van der Waals surface area contributed by atoms with Gasteiger partial charge in [-0.2, -0.15) is 10.4 Å². The van der Waals surface area contributed by atoms with Crippen LogP contribution in [0.3, 0.4) is 0 Å². The Morgan fingerprint density at radius 2 is 2.57 bits per heavy atom. The van der Waals surface area contributed by atoms with Gasteiger partial charge in [-0.25, -0.2) is 9.18 Å². The van der Waals surface area contributed by atoms with E-state index in [4.69, 9.17) is 10.4 Å². The van der Waals surface area contributed by atoms with Crippen molar-refractivity contribution in [3.8, 4) is 6.07 Å². The fraction of sp³-hybridized carbons (Fsp3) is 0.375. The van der Waals surface area contributed by atoms with Gasteiger partial charge >= 0.3 is 5.97 Å². The summed E-state index contributed by atoms with van der Waals surface area (Å²) in [7, 11) is 0. The molecule has 0 amide bonds. The topological polar surface area (TPSA) is 78.9 Å². The van der Waals surface area contributed by atoms with Crippen LogP contribution in [0.1, 0.15) is 12.5 Å². The van der Waals surface area contributed by atoms with Crippen LogP contribution in [0.25, 0.3) is 0 Å². The lowest BCUT2D eigenvalue weighted by atomic mass is 10.1. The standard InChI is InChI=1S/C8H8FN3O2/c1-8(9,7(13)14)5-12-4-6(2-10)3-11-12/h3-4H,5H2,1H3,(H,13,14). The highest BCUT2D eigenvalue weighted by Crippen LogP contribution is 2.13. The van der Waals surface area contributed by atoms with E-state index in [1.165, 1.54) is 12.4 Å². The predicted molar refractivity (Wildman–Crippen MR) is 44.1 cm³/mol. The third-order valence-corrected chi connectivity index (χ3v) is 1.67. The third-order valence-electron chi connectivity index (χ3n) is 1.67. The van der Waals surface area contributed by atoms with Gasteiger partial charge in [-0.3, -0.25) is 4.68 Å². The average molecular weight is 197 g/mol. The van der Waals surface area contributed by atoms with Crippen LogP contribution in [-0.4, -0.2) is 26.5 Å². The summed E-state index contributed by atoms with van der Waals surface area (Å²) in [6, 6.07) is 1.81. The number of carbonyl (C=O) groups is 1. The first kappa shape index (κ1) is 10.2. The summed E-state index contributed by atoms with van der Waals surface area (Å²) in [5.41, 5.74) is -2.11. The first-order chi connectivity index (χ1) is 6.45. The van der Waals surface area contributed by atoms with Gasteiger partial charge in [-0.05, 0) is 6.92 Å². The van der Waals surface area contributed by atoms with Crippen LogP contribution in [0.2, 0.25) is 0 Å². The molecule has 14 heavy (non-hydrogen) atoms. The summed E-state index contributed by atoms with van der Waals surface area (Å²) in [5.74, 6) is -1.55. The van der Waals surface area contributed by atoms with Crippen molar-refractivity contribution in [1.29, 1.82) is 5.26 Å². The monoisotopic (exact) mass is 197 g/mol. The maximum Gasteiger partial charge on any atom is 0.343 e. The average Bonchev–Trinajstić information content (AvgIpc) is 2.51. The Balaban J connectivity index is 2.79. The second-order valence-corrected chi connectivity index (χ2v) is 3.04. The molecule has 0 aliphatic carbocycles. The molecule has 0 aliphatic heterocycles.